The van der Waals surface area contributed by atoms with Gasteiger partial charge in [0.2, 0.25) is 0 Å². The number of carbonyl (C=O) groups is 1. The lowest BCUT2D eigenvalue weighted by Gasteiger charge is -2.38. The van der Waals surface area contributed by atoms with Gasteiger partial charge in [-0.25, -0.2) is 0 Å². The third-order valence-electron chi connectivity index (χ3n) is 4.02. The van der Waals surface area contributed by atoms with Gasteiger partial charge in [0, 0.05) is 6.42 Å². The minimum atomic E-state index is -0.740. The summed E-state index contributed by atoms with van der Waals surface area (Å²) < 4.78 is 0.784. The average Bonchev–Trinajstić information content (AvgIpc) is 2.42. The molecule has 0 fully saturated rings. The SMILES string of the molecule is CCCC/C=C/C(O)C[N+](CC)(CC)CCCC(=O)O. The number of carboxylic acid groups (broad SMARTS) is 1. The first-order chi connectivity index (χ1) is 9.49. The summed E-state index contributed by atoms with van der Waals surface area (Å²) in [5.41, 5.74) is 0. The molecular weight excluding hydrogens is 254 g/mol. The highest BCUT2D eigenvalue weighted by atomic mass is 16.4. The summed E-state index contributed by atoms with van der Waals surface area (Å²) in [5, 5.41) is 18.9. The van der Waals surface area contributed by atoms with E-state index in [0.717, 1.165) is 37.0 Å². The summed E-state index contributed by atoms with van der Waals surface area (Å²) in [4.78, 5) is 10.6. The van der Waals surface area contributed by atoms with Crippen LogP contribution in [-0.2, 0) is 4.79 Å². The first-order valence-electron chi connectivity index (χ1n) is 7.91. The number of hydrogen-bond acceptors (Lipinski definition) is 2. The zero-order valence-corrected chi connectivity index (χ0v) is 13.3. The van der Waals surface area contributed by atoms with Crippen LogP contribution in [0.1, 0.15) is 52.9 Å². The summed E-state index contributed by atoms with van der Waals surface area (Å²) in [6.45, 7) is 9.72. The highest BCUT2D eigenvalue weighted by molar-refractivity contribution is 5.66. The van der Waals surface area contributed by atoms with E-state index in [0.29, 0.717) is 13.0 Å². The molecule has 0 aliphatic rings. The largest absolute Gasteiger partial charge is 0.481 e. The smallest absolute Gasteiger partial charge is 0.303 e. The molecule has 0 aromatic rings. The van der Waals surface area contributed by atoms with E-state index in [9.17, 15) is 9.90 Å². The van der Waals surface area contributed by atoms with Crippen LogP contribution in [0.5, 0.6) is 0 Å². The standard InChI is InChI=1S/C16H31NO3/c1-4-7-8-9-11-15(18)14-17(5-2,6-3)13-10-12-16(19)20/h9,11,15,18H,4-8,10,12-14H2,1-3H3/p+1/b11-9+. The van der Waals surface area contributed by atoms with Crippen molar-refractivity contribution in [1.29, 1.82) is 0 Å². The number of aliphatic hydroxyl groups excluding tert-OH is 1. The van der Waals surface area contributed by atoms with E-state index in [1.165, 1.54) is 6.42 Å². The van der Waals surface area contributed by atoms with Crippen molar-refractivity contribution < 1.29 is 19.5 Å². The number of allylic oxidation sites excluding steroid dienone is 1. The predicted octanol–water partition coefficient (Wildman–Crippen LogP) is 2.82. The molecular formula is C16H32NO3+. The van der Waals surface area contributed by atoms with E-state index in [-0.39, 0.29) is 6.42 Å². The molecule has 0 aromatic heterocycles. The number of unbranched alkanes of at least 4 members (excludes halogenated alkanes) is 2. The second-order valence-electron chi connectivity index (χ2n) is 5.52. The number of likely N-dealkylation sites (N-methyl/N-ethyl adjacent to an activating group) is 1. The second-order valence-corrected chi connectivity index (χ2v) is 5.52. The number of aliphatic hydroxyl groups is 1. The molecule has 4 nitrogen and oxygen atoms in total. The fourth-order valence-electron chi connectivity index (χ4n) is 2.49. The Labute approximate surface area is 123 Å². The minimum Gasteiger partial charge on any atom is -0.481 e. The summed E-state index contributed by atoms with van der Waals surface area (Å²) in [6, 6.07) is 0. The van der Waals surface area contributed by atoms with Crippen molar-refractivity contribution in [1.82, 2.24) is 0 Å². The zero-order chi connectivity index (χ0) is 15.4. The van der Waals surface area contributed by atoms with Gasteiger partial charge in [-0.15, -0.1) is 0 Å². The van der Waals surface area contributed by atoms with E-state index >= 15 is 0 Å². The first kappa shape index (κ1) is 19.1. The summed E-state index contributed by atoms with van der Waals surface area (Å²) >= 11 is 0. The molecule has 0 radical (unpaired) electrons. The van der Waals surface area contributed by atoms with E-state index in [1.807, 2.05) is 6.08 Å². The van der Waals surface area contributed by atoms with Crippen LogP contribution in [0.15, 0.2) is 12.2 Å². The molecule has 1 atom stereocenters. The maximum absolute atomic E-state index is 10.6. The number of quaternary nitrogens is 1. The molecule has 0 aromatic carbocycles. The number of rotatable bonds is 12. The Kier molecular flexibility index (Phi) is 10.4. The first-order valence-corrected chi connectivity index (χ1v) is 7.91. The van der Waals surface area contributed by atoms with Crippen molar-refractivity contribution in [3.63, 3.8) is 0 Å². The normalized spacial score (nSPS) is 13.8. The molecule has 0 aliphatic heterocycles. The van der Waals surface area contributed by atoms with Crippen LogP contribution >= 0.6 is 0 Å². The van der Waals surface area contributed by atoms with Gasteiger partial charge in [-0.2, -0.15) is 0 Å². The molecule has 0 bridgehead atoms. The van der Waals surface area contributed by atoms with Gasteiger partial charge in [-0.1, -0.05) is 31.9 Å². The summed E-state index contributed by atoms with van der Waals surface area (Å²) in [6.07, 6.45) is 7.74. The van der Waals surface area contributed by atoms with Crippen LogP contribution < -0.4 is 0 Å². The highest BCUT2D eigenvalue weighted by Crippen LogP contribution is 2.12. The van der Waals surface area contributed by atoms with Crippen molar-refractivity contribution in [3.05, 3.63) is 12.2 Å². The lowest BCUT2D eigenvalue weighted by molar-refractivity contribution is -0.927. The van der Waals surface area contributed by atoms with E-state index in [1.54, 1.807) is 0 Å². The Morgan fingerprint density at radius 2 is 1.85 bits per heavy atom. The van der Waals surface area contributed by atoms with Crippen molar-refractivity contribution in [3.8, 4) is 0 Å². The predicted molar refractivity (Wildman–Crippen MR) is 82.6 cm³/mol. The minimum absolute atomic E-state index is 0.211. The third kappa shape index (κ3) is 8.33. The molecule has 0 saturated heterocycles. The fraction of sp³-hybridized carbons (Fsp3) is 0.812. The van der Waals surface area contributed by atoms with Gasteiger partial charge in [-0.3, -0.25) is 4.79 Å². The monoisotopic (exact) mass is 286 g/mol. The van der Waals surface area contributed by atoms with E-state index in [4.69, 9.17) is 5.11 Å². The van der Waals surface area contributed by atoms with Crippen LogP contribution in [0.3, 0.4) is 0 Å². The van der Waals surface area contributed by atoms with Crippen molar-refractivity contribution in [2.75, 3.05) is 26.2 Å². The van der Waals surface area contributed by atoms with Crippen molar-refractivity contribution in [2.45, 2.75) is 59.0 Å². The van der Waals surface area contributed by atoms with Crippen molar-refractivity contribution in [2.24, 2.45) is 0 Å². The van der Waals surface area contributed by atoms with Crippen molar-refractivity contribution >= 4 is 5.97 Å². The zero-order valence-electron chi connectivity index (χ0n) is 13.3. The molecule has 0 rings (SSSR count). The molecule has 2 N–H and O–H groups in total. The Balaban J connectivity index is 4.34. The lowest BCUT2D eigenvalue weighted by atomic mass is 10.1. The molecule has 0 amide bonds. The number of hydrogen-bond donors (Lipinski definition) is 2. The average molecular weight is 286 g/mol. The van der Waals surface area contributed by atoms with Gasteiger partial charge in [0.15, 0.2) is 0 Å². The van der Waals surface area contributed by atoms with E-state index in [2.05, 4.69) is 26.8 Å². The van der Waals surface area contributed by atoms with Crippen LogP contribution in [0.2, 0.25) is 0 Å². The molecule has 0 heterocycles. The highest BCUT2D eigenvalue weighted by Gasteiger charge is 2.25. The van der Waals surface area contributed by atoms with Gasteiger partial charge in [-0.05, 0) is 20.3 Å². The Morgan fingerprint density at radius 3 is 2.35 bits per heavy atom. The van der Waals surface area contributed by atoms with Crippen LogP contribution in [0.25, 0.3) is 0 Å². The maximum atomic E-state index is 10.6. The third-order valence-corrected chi connectivity index (χ3v) is 4.02. The molecule has 1 unspecified atom stereocenters. The van der Waals surface area contributed by atoms with Gasteiger partial charge in [0.05, 0.1) is 26.1 Å². The molecule has 118 valence electrons. The summed E-state index contributed by atoms with van der Waals surface area (Å²) in [7, 11) is 0. The van der Waals surface area contributed by atoms with E-state index < -0.39 is 12.1 Å². The number of aliphatic carboxylic acids is 1. The van der Waals surface area contributed by atoms with Gasteiger partial charge < -0.3 is 14.7 Å². The van der Waals surface area contributed by atoms with Crippen LogP contribution in [0, 0.1) is 0 Å². The number of carboxylic acids is 1. The van der Waals surface area contributed by atoms with Crippen LogP contribution in [0.4, 0.5) is 0 Å². The molecule has 0 spiro atoms. The fourth-order valence-corrected chi connectivity index (χ4v) is 2.49. The van der Waals surface area contributed by atoms with Crippen LogP contribution in [-0.4, -0.2) is 52.9 Å². The van der Waals surface area contributed by atoms with Gasteiger partial charge in [0.1, 0.15) is 12.6 Å². The molecule has 0 saturated carbocycles. The van der Waals surface area contributed by atoms with Gasteiger partial charge in [0.25, 0.3) is 0 Å². The topological polar surface area (TPSA) is 57.5 Å². The summed E-state index contributed by atoms with van der Waals surface area (Å²) in [5.74, 6) is -0.740. The second kappa shape index (κ2) is 10.9. The Bertz CT molecular complexity index is 285. The molecule has 4 heteroatoms. The number of nitrogens with zero attached hydrogens (tertiary/aromatic N) is 1. The molecule has 20 heavy (non-hydrogen) atoms. The maximum Gasteiger partial charge on any atom is 0.303 e. The quantitative estimate of drug-likeness (QED) is 0.329. The van der Waals surface area contributed by atoms with Gasteiger partial charge >= 0.3 is 5.97 Å². The lowest BCUT2D eigenvalue weighted by Crippen LogP contribution is -2.52. The Morgan fingerprint density at radius 1 is 1.20 bits per heavy atom. The molecule has 0 aliphatic carbocycles. The Hall–Kier alpha value is -0.870.